The third kappa shape index (κ3) is 12.9. The quantitative estimate of drug-likeness (QED) is 0.109. The summed E-state index contributed by atoms with van der Waals surface area (Å²) in [7, 11) is -1.10. The fourth-order valence-corrected chi connectivity index (χ4v) is 12.1. The van der Waals surface area contributed by atoms with E-state index in [1.165, 1.54) is 37.5 Å². The SMILES string of the molecule is CCCNC[C@@]1(O)[C@@H](C)OC(O[C@H]2[C@H](C)[C@@H](O[C@@H]3O[C@H](C)C[C@H](N(C)S(=O)(=O)c4ccccc4)[C@H]3Oc3ccccn3)[C@](C)(O)C[C@@H](C)CN[C@H](C)[C@@H](O)[C@](C)(O)[C@@H](CC)OC(=O)[C@@H]2C)C[C@]1(C)OC. The van der Waals surface area contributed by atoms with Crippen LogP contribution in [0.3, 0.4) is 0 Å². The molecule has 19 heteroatoms. The van der Waals surface area contributed by atoms with Crippen molar-refractivity contribution in [2.45, 2.75) is 203 Å². The number of likely N-dealkylation sites (N-methyl/N-ethyl adjacent to an activating group) is 1. The normalized spacial score (nSPS) is 40.7. The monoisotopic (exact) mass is 1010 g/mol. The van der Waals surface area contributed by atoms with E-state index in [4.69, 9.17) is 33.2 Å². The number of carbonyl (C=O) groups is 1. The average molecular weight is 1010 g/mol. The number of rotatable bonds is 15. The summed E-state index contributed by atoms with van der Waals surface area (Å²) < 4.78 is 76.0. The van der Waals surface area contributed by atoms with Gasteiger partial charge in [-0.2, -0.15) is 4.31 Å². The van der Waals surface area contributed by atoms with Gasteiger partial charge in [-0.15, -0.1) is 0 Å². The Hall–Kier alpha value is -2.89. The number of nitrogens with zero attached hydrogens (tertiary/aromatic N) is 2. The second-order valence-electron chi connectivity index (χ2n) is 20.8. The summed E-state index contributed by atoms with van der Waals surface area (Å²) in [5, 5.41) is 55.3. The predicted octanol–water partition coefficient (Wildman–Crippen LogP) is 4.17. The van der Waals surface area contributed by atoms with Gasteiger partial charge >= 0.3 is 5.97 Å². The van der Waals surface area contributed by atoms with Crippen LogP contribution in [0.25, 0.3) is 0 Å². The molecule has 0 aliphatic carbocycles. The second kappa shape index (κ2) is 24.0. The van der Waals surface area contributed by atoms with Crippen LogP contribution in [0.15, 0.2) is 59.6 Å². The summed E-state index contributed by atoms with van der Waals surface area (Å²) in [6.45, 7) is 20.4. The number of hydrogen-bond acceptors (Lipinski definition) is 17. The summed E-state index contributed by atoms with van der Waals surface area (Å²) in [5.41, 5.74) is -6.33. The molecule has 0 spiro atoms. The molecule has 0 amide bonds. The molecule has 0 bridgehead atoms. The molecule has 3 saturated heterocycles. The molecule has 2 aromatic rings. The third-order valence-electron chi connectivity index (χ3n) is 15.1. The van der Waals surface area contributed by atoms with Gasteiger partial charge in [0.25, 0.3) is 0 Å². The largest absolute Gasteiger partial charge is 0.467 e. The number of aliphatic hydroxyl groups excluding tert-OH is 1. The van der Waals surface area contributed by atoms with Crippen LogP contribution in [-0.4, -0.2) is 168 Å². The Labute approximate surface area is 416 Å². The van der Waals surface area contributed by atoms with Crippen LogP contribution in [0.4, 0.5) is 0 Å². The predicted molar refractivity (Wildman–Crippen MR) is 262 cm³/mol. The van der Waals surface area contributed by atoms with Gasteiger partial charge in [-0.05, 0) is 111 Å². The molecule has 0 radical (unpaired) electrons. The fraction of sp³-hybridized carbons (Fsp3) is 0.765. The molecule has 5 rings (SSSR count). The van der Waals surface area contributed by atoms with Crippen molar-refractivity contribution in [2.24, 2.45) is 17.8 Å². The number of carbonyl (C=O) groups excluding carboxylic acids is 1. The lowest BCUT2D eigenvalue weighted by Crippen LogP contribution is -2.70. The minimum absolute atomic E-state index is 0.0251. The van der Waals surface area contributed by atoms with Crippen molar-refractivity contribution in [2.75, 3.05) is 33.8 Å². The van der Waals surface area contributed by atoms with E-state index in [-0.39, 0.29) is 48.9 Å². The van der Waals surface area contributed by atoms with Crippen molar-refractivity contribution in [3.05, 3.63) is 54.7 Å². The highest BCUT2D eigenvalue weighted by Crippen LogP contribution is 2.44. The minimum atomic E-state index is -4.10. The first-order valence-corrected chi connectivity index (χ1v) is 26.5. The molecule has 1 unspecified atom stereocenters. The zero-order valence-electron chi connectivity index (χ0n) is 43.6. The zero-order valence-corrected chi connectivity index (χ0v) is 44.4. The van der Waals surface area contributed by atoms with Gasteiger partial charge in [0, 0.05) is 51.3 Å². The Morgan fingerprint density at radius 2 is 1.60 bits per heavy atom. The van der Waals surface area contributed by atoms with E-state index in [9.17, 15) is 33.6 Å². The summed E-state index contributed by atoms with van der Waals surface area (Å²) in [4.78, 5) is 19.2. The molecule has 398 valence electrons. The van der Waals surface area contributed by atoms with Crippen molar-refractivity contribution in [3.8, 4) is 5.88 Å². The van der Waals surface area contributed by atoms with Crippen LogP contribution in [0.5, 0.6) is 5.88 Å². The topological polar surface area (TPSA) is 237 Å². The van der Waals surface area contributed by atoms with Gasteiger partial charge < -0.3 is 64.2 Å². The van der Waals surface area contributed by atoms with Gasteiger partial charge in [-0.3, -0.25) is 4.79 Å². The van der Waals surface area contributed by atoms with E-state index in [0.29, 0.717) is 13.1 Å². The molecule has 18 nitrogen and oxygen atoms in total. The maximum absolute atomic E-state index is 14.7. The molecular formula is C51H84N4O14S. The lowest BCUT2D eigenvalue weighted by Gasteiger charge is -2.53. The highest BCUT2D eigenvalue weighted by Gasteiger charge is 2.59. The first-order valence-electron chi connectivity index (χ1n) is 25.0. The van der Waals surface area contributed by atoms with Crippen LogP contribution >= 0.6 is 0 Å². The number of esters is 1. The van der Waals surface area contributed by atoms with Crippen molar-refractivity contribution in [3.63, 3.8) is 0 Å². The summed E-state index contributed by atoms with van der Waals surface area (Å²) in [6, 6.07) is 11.6. The standard InChI is InChI=1S/C51H84N4O14S/c1-14-24-52-30-51(60)36(8)65-41(28-49(51,10)63-13)68-42-33(5)45(48(9,58)27-31(3)29-54-35(7)44(56)50(11,59)39(15-2)66-46(57)34(42)6)69-47-43(67-40-23-19-20-25-53-40)38(26-32(4)64-47)55(12)70(61,62)37-21-17-16-18-22-37/h16-23,25,31-36,38-39,41-45,47,52,54,56,58-60H,14-15,24,26-30H2,1-13H3/t31-,32-,33+,34-,35-,36-,38+,39-,41?,42+,43-,44-,45-,47+,48-,49+,50-,51-/m1/s1. The third-order valence-corrected chi connectivity index (χ3v) is 17.0. The molecule has 1 aromatic carbocycles. The number of benzene rings is 1. The number of hydrogen-bond donors (Lipinski definition) is 6. The van der Waals surface area contributed by atoms with Crippen LogP contribution in [0, 0.1) is 17.8 Å². The van der Waals surface area contributed by atoms with Gasteiger partial charge in [0.1, 0.15) is 29.0 Å². The Morgan fingerprint density at radius 1 is 0.929 bits per heavy atom. The highest BCUT2D eigenvalue weighted by atomic mass is 32.2. The van der Waals surface area contributed by atoms with E-state index in [2.05, 4.69) is 15.6 Å². The number of ether oxygens (including phenoxy) is 7. The van der Waals surface area contributed by atoms with E-state index >= 15 is 0 Å². The Morgan fingerprint density at radius 3 is 2.21 bits per heavy atom. The molecule has 3 fully saturated rings. The molecule has 3 aliphatic rings. The smallest absolute Gasteiger partial charge is 0.311 e. The van der Waals surface area contributed by atoms with Crippen molar-refractivity contribution >= 4 is 16.0 Å². The lowest BCUT2D eigenvalue weighted by molar-refractivity contribution is -0.335. The van der Waals surface area contributed by atoms with E-state index in [1.807, 2.05) is 13.8 Å². The number of sulfonamides is 1. The molecule has 70 heavy (non-hydrogen) atoms. The zero-order chi connectivity index (χ0) is 52.0. The minimum Gasteiger partial charge on any atom is -0.467 e. The van der Waals surface area contributed by atoms with E-state index in [0.717, 1.165) is 6.42 Å². The second-order valence-corrected chi connectivity index (χ2v) is 22.8. The number of aliphatic hydroxyl groups is 4. The van der Waals surface area contributed by atoms with Crippen molar-refractivity contribution in [1.29, 1.82) is 0 Å². The average Bonchev–Trinajstić information content (AvgIpc) is 3.32. The van der Waals surface area contributed by atoms with E-state index < -0.39 is 118 Å². The maximum Gasteiger partial charge on any atom is 0.311 e. The molecular weight excluding hydrogens is 925 g/mol. The number of pyridine rings is 1. The molecule has 4 heterocycles. The first kappa shape index (κ1) is 58.0. The molecule has 1 aromatic heterocycles. The summed E-state index contributed by atoms with van der Waals surface area (Å²) in [6.07, 6.45) is -7.05. The van der Waals surface area contributed by atoms with E-state index in [1.54, 1.807) is 98.0 Å². The molecule has 0 saturated carbocycles. The van der Waals surface area contributed by atoms with Crippen LogP contribution in [0.2, 0.25) is 0 Å². The number of cyclic esters (lactones) is 1. The summed E-state index contributed by atoms with van der Waals surface area (Å²) in [5.74, 6) is -2.92. The van der Waals surface area contributed by atoms with Crippen LogP contribution < -0.4 is 15.4 Å². The lowest BCUT2D eigenvalue weighted by atomic mass is 9.75. The first-order chi connectivity index (χ1) is 32.8. The highest BCUT2D eigenvalue weighted by molar-refractivity contribution is 7.89. The van der Waals surface area contributed by atoms with Crippen LogP contribution in [0.1, 0.15) is 108 Å². The maximum atomic E-state index is 14.7. The Bertz CT molecular complexity index is 2060. The van der Waals surface area contributed by atoms with Crippen molar-refractivity contribution < 1.29 is 66.8 Å². The molecule has 3 aliphatic heterocycles. The molecule has 18 atom stereocenters. The Kier molecular flexibility index (Phi) is 19.9. The fourth-order valence-electron chi connectivity index (χ4n) is 10.7. The number of methoxy groups -OCH3 is 1. The van der Waals surface area contributed by atoms with Gasteiger partial charge in [0.15, 0.2) is 18.7 Å². The van der Waals surface area contributed by atoms with Gasteiger partial charge in [0.2, 0.25) is 15.9 Å². The Balaban J connectivity index is 1.65. The number of aromatic nitrogens is 1. The number of nitrogens with one attached hydrogen (secondary N) is 2. The van der Waals surface area contributed by atoms with Gasteiger partial charge in [-0.1, -0.05) is 52.0 Å². The van der Waals surface area contributed by atoms with Gasteiger partial charge in [-0.25, -0.2) is 13.4 Å². The van der Waals surface area contributed by atoms with Gasteiger partial charge in [0.05, 0.1) is 46.9 Å². The van der Waals surface area contributed by atoms with Crippen molar-refractivity contribution in [1.82, 2.24) is 19.9 Å². The molecule has 6 N–H and O–H groups in total. The summed E-state index contributed by atoms with van der Waals surface area (Å²) >= 11 is 0. The van der Waals surface area contributed by atoms with Crippen LogP contribution in [-0.2, 0) is 43.2 Å².